The Kier molecular flexibility index (Phi) is 4.02. The van der Waals surface area contributed by atoms with Crippen molar-refractivity contribution < 1.29 is 31.0 Å². The first-order valence-corrected chi connectivity index (χ1v) is 10.7. The molecule has 0 aliphatic heterocycles. The van der Waals surface area contributed by atoms with Crippen LogP contribution in [0.3, 0.4) is 0 Å². The minimum atomic E-state index is -4.82. The highest BCUT2D eigenvalue weighted by molar-refractivity contribution is 7.86. The highest BCUT2D eigenvalue weighted by Crippen LogP contribution is 2.32. The fraction of sp³-hybridized carbons (Fsp3) is 0. The van der Waals surface area contributed by atoms with Crippen LogP contribution in [0.15, 0.2) is 52.3 Å². The van der Waals surface area contributed by atoms with Crippen molar-refractivity contribution >= 4 is 47.7 Å². The quantitative estimate of drug-likeness (QED) is 0.270. The summed E-state index contributed by atoms with van der Waals surface area (Å²) in [5, 5.41) is 18.4. The summed E-state index contributed by atoms with van der Waals surface area (Å²) < 4.78 is 65.6. The molecule has 29 heavy (non-hydrogen) atoms. The minimum Gasteiger partial charge on any atom is -0.506 e. The number of aromatic nitrogens is 3. The molecule has 0 fully saturated rings. The molecule has 0 saturated carbocycles. The lowest BCUT2D eigenvalue weighted by Gasteiger charge is -2.07. The SMILES string of the molecule is Nc1ccc(-n2nc3ccc4c(S(=O)(=O)O)cc(S(=O)(=O)O)cc4c3n2)c(O)c1. The summed E-state index contributed by atoms with van der Waals surface area (Å²) in [6.45, 7) is 0. The lowest BCUT2D eigenvalue weighted by Crippen LogP contribution is -2.04. The number of hydrogen-bond acceptors (Lipinski definition) is 8. The average molecular weight is 436 g/mol. The highest BCUT2D eigenvalue weighted by Gasteiger charge is 2.22. The summed E-state index contributed by atoms with van der Waals surface area (Å²) in [6, 6.07) is 8.65. The number of phenolic OH excluding ortho intramolecular Hbond substituents is 1. The third kappa shape index (κ3) is 3.25. The number of hydrogen-bond donors (Lipinski definition) is 4. The number of anilines is 1. The molecule has 0 aliphatic rings. The molecule has 0 amide bonds. The Labute approximate surface area is 163 Å². The summed E-state index contributed by atoms with van der Waals surface area (Å²) in [4.78, 5) is -0.393. The zero-order valence-corrected chi connectivity index (χ0v) is 15.9. The number of benzene rings is 3. The fourth-order valence-electron chi connectivity index (χ4n) is 2.93. The zero-order chi connectivity index (χ0) is 21.1. The molecule has 13 heteroatoms. The van der Waals surface area contributed by atoms with Crippen LogP contribution in [0.1, 0.15) is 0 Å². The van der Waals surface area contributed by atoms with E-state index in [1.807, 2.05) is 0 Å². The molecule has 0 aliphatic carbocycles. The summed E-state index contributed by atoms with van der Waals surface area (Å²) in [6.07, 6.45) is 0. The molecule has 0 spiro atoms. The van der Waals surface area contributed by atoms with E-state index in [1.54, 1.807) is 0 Å². The number of nitrogens with zero attached hydrogens (tertiary/aromatic N) is 3. The second-order valence-electron chi connectivity index (χ2n) is 6.14. The molecule has 1 aromatic heterocycles. The van der Waals surface area contributed by atoms with Gasteiger partial charge in [0.1, 0.15) is 27.4 Å². The van der Waals surface area contributed by atoms with Gasteiger partial charge in [-0.1, -0.05) is 6.07 Å². The first-order valence-electron chi connectivity index (χ1n) is 7.83. The van der Waals surface area contributed by atoms with E-state index >= 15 is 0 Å². The van der Waals surface area contributed by atoms with Crippen LogP contribution in [0.5, 0.6) is 5.75 Å². The average Bonchev–Trinajstić information content (AvgIpc) is 3.03. The van der Waals surface area contributed by atoms with Crippen molar-refractivity contribution in [2.45, 2.75) is 9.79 Å². The summed E-state index contributed by atoms with van der Waals surface area (Å²) >= 11 is 0. The molecule has 0 bridgehead atoms. The molecular formula is C16H12N4O7S2. The molecule has 3 aromatic carbocycles. The van der Waals surface area contributed by atoms with Crippen molar-refractivity contribution in [3.05, 3.63) is 42.5 Å². The molecule has 4 aromatic rings. The smallest absolute Gasteiger partial charge is 0.295 e. The van der Waals surface area contributed by atoms with Crippen molar-refractivity contribution in [1.29, 1.82) is 0 Å². The predicted molar refractivity (Wildman–Crippen MR) is 102 cm³/mol. The van der Waals surface area contributed by atoms with Crippen LogP contribution >= 0.6 is 0 Å². The summed E-state index contributed by atoms with van der Waals surface area (Å²) in [5.41, 5.74) is 6.40. The van der Waals surface area contributed by atoms with Gasteiger partial charge in [0.05, 0.1) is 4.90 Å². The number of nitrogen functional groups attached to an aromatic ring is 1. The van der Waals surface area contributed by atoms with Crippen molar-refractivity contribution in [3.63, 3.8) is 0 Å². The van der Waals surface area contributed by atoms with Crippen LogP contribution < -0.4 is 5.73 Å². The van der Waals surface area contributed by atoms with E-state index < -0.39 is 30.0 Å². The van der Waals surface area contributed by atoms with Gasteiger partial charge in [-0.25, -0.2) is 0 Å². The first kappa shape index (κ1) is 19.1. The molecule has 0 unspecified atom stereocenters. The molecular weight excluding hydrogens is 424 g/mol. The number of phenols is 1. The maximum Gasteiger partial charge on any atom is 0.295 e. The summed E-state index contributed by atoms with van der Waals surface area (Å²) in [5.74, 6) is -0.216. The Morgan fingerprint density at radius 2 is 1.59 bits per heavy atom. The lowest BCUT2D eigenvalue weighted by molar-refractivity contribution is 0.468. The molecule has 0 atom stereocenters. The van der Waals surface area contributed by atoms with E-state index in [-0.39, 0.29) is 33.2 Å². The second-order valence-corrected chi connectivity index (χ2v) is 8.95. The molecule has 1 heterocycles. The Morgan fingerprint density at radius 3 is 2.21 bits per heavy atom. The van der Waals surface area contributed by atoms with Gasteiger partial charge in [-0.05, 0) is 30.3 Å². The molecule has 4 rings (SSSR count). The maximum atomic E-state index is 11.8. The van der Waals surface area contributed by atoms with Gasteiger partial charge < -0.3 is 10.8 Å². The number of rotatable bonds is 3. The van der Waals surface area contributed by atoms with Crippen LogP contribution in [0.25, 0.3) is 27.5 Å². The Hall–Kier alpha value is -3.26. The molecule has 150 valence electrons. The van der Waals surface area contributed by atoms with Gasteiger partial charge in [-0.15, -0.1) is 15.0 Å². The van der Waals surface area contributed by atoms with Crippen molar-refractivity contribution in [3.8, 4) is 11.4 Å². The topological polar surface area (TPSA) is 186 Å². The monoisotopic (exact) mass is 436 g/mol. The standard InChI is InChI=1S/C16H12N4O7S2/c17-8-1-4-13(14(21)5-8)20-18-12-3-2-10-11(16(12)19-20)6-9(28(22,23)24)7-15(10)29(25,26)27/h1-7,21H,17H2,(H,22,23,24)(H,25,26,27). The lowest BCUT2D eigenvalue weighted by atomic mass is 10.1. The van der Waals surface area contributed by atoms with Crippen molar-refractivity contribution in [1.82, 2.24) is 15.0 Å². The largest absolute Gasteiger partial charge is 0.506 e. The van der Waals surface area contributed by atoms with Gasteiger partial charge in [0, 0.05) is 22.5 Å². The molecule has 0 saturated heterocycles. The minimum absolute atomic E-state index is 0.00596. The van der Waals surface area contributed by atoms with E-state index in [0.29, 0.717) is 11.8 Å². The van der Waals surface area contributed by atoms with Gasteiger partial charge in [0.15, 0.2) is 0 Å². The molecule has 5 N–H and O–H groups in total. The normalized spacial score (nSPS) is 12.6. The Morgan fingerprint density at radius 1 is 0.862 bits per heavy atom. The van der Waals surface area contributed by atoms with E-state index in [2.05, 4.69) is 10.2 Å². The van der Waals surface area contributed by atoms with Gasteiger partial charge in [-0.3, -0.25) is 9.11 Å². The van der Waals surface area contributed by atoms with E-state index in [4.69, 9.17) is 5.73 Å². The Balaban J connectivity index is 2.11. The van der Waals surface area contributed by atoms with Crippen LogP contribution in [0.4, 0.5) is 5.69 Å². The number of aromatic hydroxyl groups is 1. The van der Waals surface area contributed by atoms with Crippen LogP contribution in [-0.4, -0.2) is 46.0 Å². The van der Waals surface area contributed by atoms with E-state index in [9.17, 15) is 31.0 Å². The van der Waals surface area contributed by atoms with Crippen LogP contribution in [0, 0.1) is 0 Å². The third-order valence-corrected chi connectivity index (χ3v) is 5.93. The number of nitrogens with two attached hydrogens (primary N) is 1. The number of fused-ring (bicyclic) bond motifs is 3. The van der Waals surface area contributed by atoms with Crippen molar-refractivity contribution in [2.24, 2.45) is 0 Å². The molecule has 11 nitrogen and oxygen atoms in total. The van der Waals surface area contributed by atoms with Gasteiger partial charge in [0.25, 0.3) is 20.2 Å². The van der Waals surface area contributed by atoms with Crippen LogP contribution in [-0.2, 0) is 20.2 Å². The maximum absolute atomic E-state index is 11.8. The first-order chi connectivity index (χ1) is 13.4. The van der Waals surface area contributed by atoms with E-state index in [1.165, 1.54) is 30.3 Å². The fourth-order valence-corrected chi connectivity index (χ4v) is 4.27. The van der Waals surface area contributed by atoms with Gasteiger partial charge in [0.2, 0.25) is 0 Å². The van der Waals surface area contributed by atoms with E-state index in [0.717, 1.165) is 10.9 Å². The molecule has 0 radical (unpaired) electrons. The van der Waals surface area contributed by atoms with Crippen LogP contribution in [0.2, 0.25) is 0 Å². The van der Waals surface area contributed by atoms with Gasteiger partial charge >= 0.3 is 0 Å². The highest BCUT2D eigenvalue weighted by atomic mass is 32.2. The third-order valence-electron chi connectivity index (χ3n) is 4.21. The van der Waals surface area contributed by atoms with Gasteiger partial charge in [-0.2, -0.15) is 16.8 Å². The van der Waals surface area contributed by atoms with Crippen molar-refractivity contribution in [2.75, 3.05) is 5.73 Å². The summed E-state index contributed by atoms with van der Waals surface area (Å²) in [7, 11) is -9.61. The zero-order valence-electron chi connectivity index (χ0n) is 14.3. The Bertz CT molecular complexity index is 1530. The second kappa shape index (κ2) is 6.12. The predicted octanol–water partition coefficient (Wildman–Crippen LogP) is 1.35.